The van der Waals surface area contributed by atoms with E-state index in [9.17, 15) is 4.79 Å². The first-order valence-electron chi connectivity index (χ1n) is 7.61. The largest absolute Gasteiger partial charge is 0.382 e. The molecule has 4 nitrogen and oxygen atoms in total. The molecular weight excluding hydrogens is 264 g/mol. The minimum absolute atomic E-state index is 0.0340. The fraction of sp³-hybridized carbons (Fsp3) is 0.588. The number of nitrogens with zero attached hydrogens (tertiary/aromatic N) is 1. The number of amides is 1. The Morgan fingerprint density at radius 3 is 2.43 bits per heavy atom. The number of aryl methyl sites for hydroxylation is 1. The molecule has 0 radical (unpaired) electrons. The summed E-state index contributed by atoms with van der Waals surface area (Å²) in [6.45, 7) is 6.30. The zero-order valence-electron chi connectivity index (χ0n) is 13.6. The summed E-state index contributed by atoms with van der Waals surface area (Å²) in [5.41, 5.74) is 2.94. The lowest BCUT2D eigenvalue weighted by Gasteiger charge is -2.33. The Hall–Kier alpha value is -1.55. The summed E-state index contributed by atoms with van der Waals surface area (Å²) in [6.07, 6.45) is 2.54. The van der Waals surface area contributed by atoms with E-state index in [-0.39, 0.29) is 18.1 Å². The van der Waals surface area contributed by atoms with Crippen LogP contribution in [0.25, 0.3) is 0 Å². The number of nitrogens with one attached hydrogen (secondary N) is 1. The molecule has 0 spiro atoms. The Balaban J connectivity index is 2.15. The molecule has 0 saturated carbocycles. The van der Waals surface area contributed by atoms with E-state index in [0.717, 1.165) is 29.7 Å². The second-order valence-electron chi connectivity index (χ2n) is 6.30. The molecule has 0 aliphatic carbocycles. The predicted octanol–water partition coefficient (Wildman–Crippen LogP) is 3.06. The molecule has 2 atom stereocenters. The van der Waals surface area contributed by atoms with Crippen molar-refractivity contribution in [2.24, 2.45) is 0 Å². The van der Waals surface area contributed by atoms with Crippen molar-refractivity contribution in [2.45, 2.75) is 51.9 Å². The molecule has 1 aromatic rings. The maximum Gasteiger partial charge on any atom is 0.253 e. The van der Waals surface area contributed by atoms with Gasteiger partial charge in [0.15, 0.2) is 0 Å². The van der Waals surface area contributed by atoms with Gasteiger partial charge in [0.25, 0.3) is 5.91 Å². The van der Waals surface area contributed by atoms with Gasteiger partial charge in [-0.05, 0) is 51.3 Å². The number of carbonyl (C=O) groups excluding carboxylic acids is 1. The molecule has 0 aromatic heterocycles. The topological polar surface area (TPSA) is 41.6 Å². The SMILES string of the molecule is Cc1ccc(C(=O)N(C)C)cc1NC1CC(C)OC(C)C1. The molecule has 1 fully saturated rings. The third-order valence-corrected chi connectivity index (χ3v) is 3.95. The standard InChI is InChI=1S/C17H26N2O2/c1-11-6-7-14(17(20)19(4)5)10-16(11)18-15-8-12(2)21-13(3)9-15/h6-7,10,12-13,15,18H,8-9H2,1-5H3. The van der Waals surface area contributed by atoms with E-state index in [0.29, 0.717) is 6.04 Å². The van der Waals surface area contributed by atoms with Gasteiger partial charge in [0, 0.05) is 31.4 Å². The first-order valence-corrected chi connectivity index (χ1v) is 7.61. The summed E-state index contributed by atoms with van der Waals surface area (Å²) >= 11 is 0. The number of carbonyl (C=O) groups is 1. The van der Waals surface area contributed by atoms with E-state index in [4.69, 9.17) is 4.74 Å². The Labute approximate surface area is 127 Å². The fourth-order valence-electron chi connectivity index (χ4n) is 2.91. The summed E-state index contributed by atoms with van der Waals surface area (Å²) in [4.78, 5) is 13.7. The number of benzene rings is 1. The maximum atomic E-state index is 12.1. The summed E-state index contributed by atoms with van der Waals surface area (Å²) in [6, 6.07) is 6.25. The maximum absolute atomic E-state index is 12.1. The van der Waals surface area contributed by atoms with E-state index < -0.39 is 0 Å². The van der Waals surface area contributed by atoms with Gasteiger partial charge in [-0.3, -0.25) is 4.79 Å². The van der Waals surface area contributed by atoms with Crippen LogP contribution in [0, 0.1) is 6.92 Å². The lowest BCUT2D eigenvalue weighted by Crippen LogP contribution is -2.37. The van der Waals surface area contributed by atoms with Crippen molar-refractivity contribution >= 4 is 11.6 Å². The van der Waals surface area contributed by atoms with Crippen molar-refractivity contribution in [1.82, 2.24) is 4.90 Å². The van der Waals surface area contributed by atoms with E-state index in [2.05, 4.69) is 26.1 Å². The second-order valence-corrected chi connectivity index (χ2v) is 6.30. The van der Waals surface area contributed by atoms with Crippen molar-refractivity contribution < 1.29 is 9.53 Å². The highest BCUT2D eigenvalue weighted by molar-refractivity contribution is 5.95. The van der Waals surface area contributed by atoms with Gasteiger partial charge >= 0.3 is 0 Å². The Morgan fingerprint density at radius 2 is 1.86 bits per heavy atom. The van der Waals surface area contributed by atoms with Crippen LogP contribution in [0.5, 0.6) is 0 Å². The first-order chi connectivity index (χ1) is 9.86. The lowest BCUT2D eigenvalue weighted by atomic mass is 9.98. The smallest absolute Gasteiger partial charge is 0.253 e. The molecule has 1 amide bonds. The summed E-state index contributed by atoms with van der Waals surface area (Å²) < 4.78 is 5.78. The van der Waals surface area contributed by atoms with Gasteiger partial charge < -0.3 is 15.0 Å². The first kappa shape index (κ1) is 15.8. The zero-order valence-corrected chi connectivity index (χ0v) is 13.6. The molecule has 1 aliphatic heterocycles. The van der Waals surface area contributed by atoms with Crippen molar-refractivity contribution in [2.75, 3.05) is 19.4 Å². The van der Waals surface area contributed by atoms with Gasteiger partial charge in [-0.15, -0.1) is 0 Å². The van der Waals surface area contributed by atoms with E-state index in [1.54, 1.807) is 19.0 Å². The van der Waals surface area contributed by atoms with E-state index in [1.807, 2.05) is 18.2 Å². The summed E-state index contributed by atoms with van der Waals surface area (Å²) in [5, 5.41) is 3.59. The highest BCUT2D eigenvalue weighted by atomic mass is 16.5. The number of hydrogen-bond donors (Lipinski definition) is 1. The minimum Gasteiger partial charge on any atom is -0.382 e. The van der Waals surface area contributed by atoms with Gasteiger partial charge in [-0.2, -0.15) is 0 Å². The van der Waals surface area contributed by atoms with Gasteiger partial charge in [0.2, 0.25) is 0 Å². The third-order valence-electron chi connectivity index (χ3n) is 3.95. The zero-order chi connectivity index (χ0) is 15.6. The van der Waals surface area contributed by atoms with Crippen LogP contribution in [-0.2, 0) is 4.74 Å². The van der Waals surface area contributed by atoms with Crippen LogP contribution < -0.4 is 5.32 Å². The molecule has 0 bridgehead atoms. The number of rotatable bonds is 3. The quantitative estimate of drug-likeness (QED) is 0.930. The van der Waals surface area contributed by atoms with Gasteiger partial charge in [-0.25, -0.2) is 0 Å². The van der Waals surface area contributed by atoms with Crippen LogP contribution in [0.1, 0.15) is 42.6 Å². The molecule has 1 N–H and O–H groups in total. The van der Waals surface area contributed by atoms with E-state index in [1.165, 1.54) is 0 Å². The Kier molecular flexibility index (Phi) is 4.88. The molecule has 116 valence electrons. The second kappa shape index (κ2) is 6.48. The van der Waals surface area contributed by atoms with Crippen LogP contribution in [0.15, 0.2) is 18.2 Å². The van der Waals surface area contributed by atoms with Crippen LogP contribution in [0.2, 0.25) is 0 Å². The Morgan fingerprint density at radius 1 is 1.24 bits per heavy atom. The third kappa shape index (κ3) is 3.97. The average molecular weight is 290 g/mol. The Bertz CT molecular complexity index is 504. The number of hydrogen-bond acceptors (Lipinski definition) is 3. The molecule has 1 heterocycles. The minimum atomic E-state index is 0.0340. The highest BCUT2D eigenvalue weighted by Gasteiger charge is 2.24. The van der Waals surface area contributed by atoms with Crippen molar-refractivity contribution in [1.29, 1.82) is 0 Å². The van der Waals surface area contributed by atoms with E-state index >= 15 is 0 Å². The van der Waals surface area contributed by atoms with Gasteiger partial charge in [0.05, 0.1) is 12.2 Å². The van der Waals surface area contributed by atoms with Gasteiger partial charge in [-0.1, -0.05) is 6.07 Å². The summed E-state index contributed by atoms with van der Waals surface area (Å²) in [7, 11) is 3.55. The van der Waals surface area contributed by atoms with Crippen LogP contribution in [0.4, 0.5) is 5.69 Å². The van der Waals surface area contributed by atoms with Crippen molar-refractivity contribution in [3.63, 3.8) is 0 Å². The molecular formula is C17H26N2O2. The van der Waals surface area contributed by atoms with Crippen LogP contribution in [-0.4, -0.2) is 43.2 Å². The normalized spacial score (nSPS) is 25.5. The van der Waals surface area contributed by atoms with Crippen LogP contribution >= 0.6 is 0 Å². The van der Waals surface area contributed by atoms with Crippen LogP contribution in [0.3, 0.4) is 0 Å². The molecule has 2 unspecified atom stereocenters. The van der Waals surface area contributed by atoms with Crippen molar-refractivity contribution in [3.8, 4) is 0 Å². The van der Waals surface area contributed by atoms with Crippen molar-refractivity contribution in [3.05, 3.63) is 29.3 Å². The summed E-state index contributed by atoms with van der Waals surface area (Å²) in [5.74, 6) is 0.0340. The monoisotopic (exact) mass is 290 g/mol. The molecule has 21 heavy (non-hydrogen) atoms. The average Bonchev–Trinajstić information content (AvgIpc) is 2.39. The molecule has 1 aromatic carbocycles. The lowest BCUT2D eigenvalue weighted by molar-refractivity contribution is -0.0337. The molecule has 1 aliphatic rings. The number of ether oxygens (including phenoxy) is 1. The fourth-order valence-corrected chi connectivity index (χ4v) is 2.91. The van der Waals surface area contributed by atoms with Gasteiger partial charge in [0.1, 0.15) is 0 Å². The highest BCUT2D eigenvalue weighted by Crippen LogP contribution is 2.25. The molecule has 4 heteroatoms. The predicted molar refractivity (Wildman–Crippen MR) is 85.9 cm³/mol. The molecule has 2 rings (SSSR count). The number of anilines is 1. The molecule has 1 saturated heterocycles.